The highest BCUT2D eigenvalue weighted by Gasteiger charge is 2.19. The summed E-state index contributed by atoms with van der Waals surface area (Å²) < 4.78 is 16.1. The predicted molar refractivity (Wildman–Crippen MR) is 96.1 cm³/mol. The quantitative estimate of drug-likeness (QED) is 0.719. The first-order valence-corrected chi connectivity index (χ1v) is 8.86. The van der Waals surface area contributed by atoms with E-state index in [1.54, 1.807) is 32.4 Å². The maximum Gasteiger partial charge on any atom is 0.277 e. The van der Waals surface area contributed by atoms with Gasteiger partial charge in [-0.05, 0) is 32.4 Å². The lowest BCUT2D eigenvalue weighted by atomic mass is 10.0. The van der Waals surface area contributed by atoms with Gasteiger partial charge in [-0.15, -0.1) is 10.2 Å². The minimum Gasteiger partial charge on any atom is -0.497 e. The molecule has 2 rings (SSSR count). The second kappa shape index (κ2) is 8.24. The van der Waals surface area contributed by atoms with E-state index in [1.807, 2.05) is 20.8 Å². The smallest absolute Gasteiger partial charge is 0.277 e. The Labute approximate surface area is 151 Å². The number of aromatic nitrogens is 2. The Kier molecular flexibility index (Phi) is 6.30. The maximum absolute atomic E-state index is 12.0. The number of carbonyl (C=O) groups excluding carboxylic acids is 1. The van der Waals surface area contributed by atoms with Gasteiger partial charge in [0.15, 0.2) is 0 Å². The number of hydrogen-bond acceptors (Lipinski definition) is 7. The van der Waals surface area contributed by atoms with Crippen molar-refractivity contribution < 1.29 is 18.7 Å². The number of nitrogens with zero attached hydrogens (tertiary/aromatic N) is 2. The Bertz CT molecular complexity index is 730. The summed E-state index contributed by atoms with van der Waals surface area (Å²) in [4.78, 5) is 12.0. The molecule has 8 heteroatoms. The minimum atomic E-state index is -0.228. The average Bonchev–Trinajstić information content (AvgIpc) is 3.07. The first kappa shape index (κ1) is 19.1. The van der Waals surface area contributed by atoms with E-state index < -0.39 is 0 Å². The molecule has 7 nitrogen and oxygen atoms in total. The summed E-state index contributed by atoms with van der Waals surface area (Å²) in [7, 11) is 3.14. The van der Waals surface area contributed by atoms with E-state index in [-0.39, 0.29) is 17.2 Å². The van der Waals surface area contributed by atoms with Crippen LogP contribution in [0.2, 0.25) is 0 Å². The van der Waals surface area contributed by atoms with E-state index in [2.05, 4.69) is 15.5 Å². The van der Waals surface area contributed by atoms with Gasteiger partial charge in [-0.1, -0.05) is 18.7 Å². The van der Waals surface area contributed by atoms with Crippen molar-refractivity contribution in [1.29, 1.82) is 0 Å². The molecule has 0 aliphatic heterocycles. The van der Waals surface area contributed by atoms with Crippen LogP contribution in [-0.2, 0) is 4.79 Å². The molecule has 0 saturated carbocycles. The number of ether oxygens (including phenoxy) is 2. The van der Waals surface area contributed by atoms with Crippen LogP contribution in [0.3, 0.4) is 0 Å². The van der Waals surface area contributed by atoms with Gasteiger partial charge in [-0.2, -0.15) is 0 Å². The number of amides is 1. The molecule has 0 aliphatic rings. The van der Waals surface area contributed by atoms with E-state index in [0.717, 1.165) is 6.42 Å². The topological polar surface area (TPSA) is 86.5 Å². The third kappa shape index (κ3) is 5.12. The van der Waals surface area contributed by atoms with Gasteiger partial charge >= 0.3 is 0 Å². The van der Waals surface area contributed by atoms with Gasteiger partial charge < -0.3 is 19.2 Å². The Morgan fingerprint density at radius 3 is 2.68 bits per heavy atom. The second-order valence-electron chi connectivity index (χ2n) is 6.01. The van der Waals surface area contributed by atoms with Gasteiger partial charge in [-0.3, -0.25) is 4.79 Å². The molecule has 25 heavy (non-hydrogen) atoms. The lowest BCUT2D eigenvalue weighted by Crippen LogP contribution is -2.43. The predicted octanol–water partition coefficient (Wildman–Crippen LogP) is 3.15. The molecule has 1 N–H and O–H groups in total. The molecule has 136 valence electrons. The van der Waals surface area contributed by atoms with Crippen molar-refractivity contribution in [3.63, 3.8) is 0 Å². The van der Waals surface area contributed by atoms with Crippen molar-refractivity contribution in [3.05, 3.63) is 18.2 Å². The Morgan fingerprint density at radius 1 is 1.28 bits per heavy atom. The zero-order chi connectivity index (χ0) is 18.4. The van der Waals surface area contributed by atoms with Crippen molar-refractivity contribution in [2.45, 2.75) is 38.0 Å². The summed E-state index contributed by atoms with van der Waals surface area (Å²) in [6.45, 7) is 5.99. The number of thioether (sulfide) groups is 1. The molecule has 0 bridgehead atoms. The van der Waals surface area contributed by atoms with Gasteiger partial charge in [0.2, 0.25) is 5.91 Å². The largest absolute Gasteiger partial charge is 0.497 e. The standard InChI is InChI=1S/C17H23N3O4S/c1-6-17(2,3)18-14(21)10-25-16-20-19-15(24-16)12-8-7-11(22-4)9-13(12)23-5/h7-9H,6,10H2,1-5H3,(H,18,21). The van der Waals surface area contributed by atoms with Gasteiger partial charge in [-0.25, -0.2) is 0 Å². The fourth-order valence-corrected chi connectivity index (χ4v) is 2.54. The van der Waals surface area contributed by atoms with Gasteiger partial charge in [0, 0.05) is 11.6 Å². The lowest BCUT2D eigenvalue weighted by molar-refractivity contribution is -0.120. The maximum atomic E-state index is 12.0. The van der Waals surface area contributed by atoms with Crippen molar-refractivity contribution in [3.8, 4) is 23.0 Å². The summed E-state index contributed by atoms with van der Waals surface area (Å²) >= 11 is 1.20. The Hall–Kier alpha value is -2.22. The van der Waals surface area contributed by atoms with Crippen molar-refractivity contribution >= 4 is 17.7 Å². The van der Waals surface area contributed by atoms with Gasteiger partial charge in [0.1, 0.15) is 11.5 Å². The molecule has 0 aliphatic carbocycles. The van der Waals surface area contributed by atoms with E-state index >= 15 is 0 Å². The monoisotopic (exact) mass is 365 g/mol. The number of rotatable bonds is 8. The Morgan fingerprint density at radius 2 is 2.04 bits per heavy atom. The molecule has 0 fully saturated rings. The molecule has 2 aromatic rings. The first-order chi connectivity index (χ1) is 11.9. The van der Waals surface area contributed by atoms with Crippen molar-refractivity contribution in [1.82, 2.24) is 15.5 Å². The zero-order valence-corrected chi connectivity index (χ0v) is 15.9. The van der Waals surface area contributed by atoms with Gasteiger partial charge in [0.05, 0.1) is 25.5 Å². The van der Waals surface area contributed by atoms with Crippen LogP contribution in [0.1, 0.15) is 27.2 Å². The molecular formula is C17H23N3O4S. The summed E-state index contributed by atoms with van der Waals surface area (Å²) in [5.74, 6) is 1.71. The third-order valence-electron chi connectivity index (χ3n) is 3.73. The van der Waals surface area contributed by atoms with Gasteiger partial charge in [0.25, 0.3) is 11.1 Å². The minimum absolute atomic E-state index is 0.0707. The summed E-state index contributed by atoms with van der Waals surface area (Å²) in [5.41, 5.74) is 0.438. The van der Waals surface area contributed by atoms with Crippen LogP contribution in [-0.4, -0.2) is 41.6 Å². The molecule has 0 unspecified atom stereocenters. The first-order valence-electron chi connectivity index (χ1n) is 7.88. The van der Waals surface area contributed by atoms with Crippen molar-refractivity contribution in [2.75, 3.05) is 20.0 Å². The third-order valence-corrected chi connectivity index (χ3v) is 4.55. The highest BCUT2D eigenvalue weighted by Crippen LogP contribution is 2.33. The Balaban J connectivity index is 2.04. The number of hydrogen-bond donors (Lipinski definition) is 1. The molecular weight excluding hydrogens is 342 g/mol. The number of nitrogens with one attached hydrogen (secondary N) is 1. The lowest BCUT2D eigenvalue weighted by Gasteiger charge is -2.24. The van der Waals surface area contributed by atoms with E-state index in [9.17, 15) is 4.79 Å². The zero-order valence-electron chi connectivity index (χ0n) is 15.1. The van der Waals surface area contributed by atoms with E-state index in [4.69, 9.17) is 13.9 Å². The van der Waals surface area contributed by atoms with Crippen LogP contribution >= 0.6 is 11.8 Å². The van der Waals surface area contributed by atoms with Crippen LogP contribution < -0.4 is 14.8 Å². The SMILES string of the molecule is CCC(C)(C)NC(=O)CSc1nnc(-c2ccc(OC)cc2OC)o1. The molecule has 1 aromatic heterocycles. The fourth-order valence-electron chi connectivity index (χ4n) is 1.98. The van der Waals surface area contributed by atoms with Crippen molar-refractivity contribution in [2.24, 2.45) is 0 Å². The molecule has 0 spiro atoms. The number of carbonyl (C=O) groups is 1. The van der Waals surface area contributed by atoms with Crippen LogP contribution in [0.4, 0.5) is 0 Å². The summed E-state index contributed by atoms with van der Waals surface area (Å²) in [5, 5.41) is 11.3. The number of methoxy groups -OCH3 is 2. The van der Waals surface area contributed by atoms with E-state index in [0.29, 0.717) is 28.2 Å². The molecule has 0 radical (unpaired) electrons. The number of benzene rings is 1. The average molecular weight is 365 g/mol. The molecule has 1 heterocycles. The van der Waals surface area contributed by atoms with Crippen LogP contribution in [0, 0.1) is 0 Å². The second-order valence-corrected chi connectivity index (χ2v) is 6.94. The molecule has 0 saturated heterocycles. The molecule has 0 atom stereocenters. The fraction of sp³-hybridized carbons (Fsp3) is 0.471. The highest BCUT2D eigenvalue weighted by atomic mass is 32.2. The van der Waals surface area contributed by atoms with Crippen LogP contribution in [0.5, 0.6) is 11.5 Å². The summed E-state index contributed by atoms with van der Waals surface area (Å²) in [6, 6.07) is 5.32. The van der Waals surface area contributed by atoms with Crippen LogP contribution in [0.25, 0.3) is 11.5 Å². The van der Waals surface area contributed by atoms with E-state index in [1.165, 1.54) is 11.8 Å². The van der Waals surface area contributed by atoms with Crippen LogP contribution in [0.15, 0.2) is 27.8 Å². The molecule has 1 amide bonds. The normalized spacial score (nSPS) is 11.2. The molecule has 1 aromatic carbocycles. The highest BCUT2D eigenvalue weighted by molar-refractivity contribution is 7.99. The summed E-state index contributed by atoms with van der Waals surface area (Å²) in [6.07, 6.45) is 0.853.